The van der Waals surface area contributed by atoms with Crippen LogP contribution in [0.4, 0.5) is 5.69 Å². The molecular formula is C19H17ClN2O2. The summed E-state index contributed by atoms with van der Waals surface area (Å²) < 4.78 is 5.85. The number of nitrogens with zero attached hydrogens (tertiary/aromatic N) is 1. The van der Waals surface area contributed by atoms with E-state index in [4.69, 9.17) is 16.0 Å². The number of amides is 1. The van der Waals surface area contributed by atoms with Crippen LogP contribution < -0.4 is 5.32 Å². The number of hydrogen-bond acceptors (Lipinski definition) is 3. The molecule has 3 aromatic rings. The monoisotopic (exact) mass is 340 g/mol. The summed E-state index contributed by atoms with van der Waals surface area (Å²) in [5, 5.41) is 3.50. The molecule has 1 aliphatic carbocycles. The lowest BCUT2D eigenvalue weighted by Gasteiger charge is -2.24. The molecule has 0 unspecified atom stereocenters. The number of halogens is 1. The van der Waals surface area contributed by atoms with Crippen LogP contribution in [0.3, 0.4) is 0 Å². The summed E-state index contributed by atoms with van der Waals surface area (Å²) in [4.78, 5) is 16.6. The minimum atomic E-state index is 0.0720. The van der Waals surface area contributed by atoms with E-state index in [2.05, 4.69) is 10.3 Å². The maximum atomic E-state index is 12.1. The van der Waals surface area contributed by atoms with Gasteiger partial charge in [-0.2, -0.15) is 0 Å². The van der Waals surface area contributed by atoms with E-state index in [1.165, 1.54) is 0 Å². The molecule has 1 fully saturated rings. The minimum Gasteiger partial charge on any atom is -0.436 e. The molecular weight excluding hydrogens is 324 g/mol. The van der Waals surface area contributed by atoms with Gasteiger partial charge in [-0.15, -0.1) is 0 Å². The Morgan fingerprint density at radius 3 is 2.83 bits per heavy atom. The molecule has 0 bridgehead atoms. The third-order valence-electron chi connectivity index (χ3n) is 4.48. The summed E-state index contributed by atoms with van der Waals surface area (Å²) in [5.41, 5.74) is 4.01. The van der Waals surface area contributed by atoms with Crippen LogP contribution in [-0.4, -0.2) is 10.9 Å². The molecule has 4 nitrogen and oxygen atoms in total. The van der Waals surface area contributed by atoms with Crippen LogP contribution in [-0.2, 0) is 4.79 Å². The molecule has 4 rings (SSSR count). The van der Waals surface area contributed by atoms with Gasteiger partial charge in [0.15, 0.2) is 5.58 Å². The van der Waals surface area contributed by atoms with Gasteiger partial charge in [-0.1, -0.05) is 24.1 Å². The molecule has 1 aliphatic rings. The molecule has 0 radical (unpaired) electrons. The number of benzene rings is 2. The molecule has 0 atom stereocenters. The first kappa shape index (κ1) is 15.2. The fourth-order valence-electron chi connectivity index (χ4n) is 2.83. The van der Waals surface area contributed by atoms with Gasteiger partial charge in [0.2, 0.25) is 11.8 Å². The molecule has 2 aromatic carbocycles. The highest BCUT2D eigenvalue weighted by molar-refractivity contribution is 6.33. The first-order valence-corrected chi connectivity index (χ1v) is 8.46. The number of carbonyl (C=O) groups is 1. The number of rotatable bonds is 3. The summed E-state index contributed by atoms with van der Waals surface area (Å²) in [5.74, 6) is 0.666. The second kappa shape index (κ2) is 5.95. The fraction of sp³-hybridized carbons (Fsp3) is 0.263. The van der Waals surface area contributed by atoms with E-state index in [-0.39, 0.29) is 11.8 Å². The lowest BCUT2D eigenvalue weighted by atomic mass is 9.85. The summed E-state index contributed by atoms with van der Waals surface area (Å²) in [6.07, 6.45) is 3.07. The van der Waals surface area contributed by atoms with Gasteiger partial charge in [-0.25, -0.2) is 4.98 Å². The van der Waals surface area contributed by atoms with Crippen LogP contribution in [0.2, 0.25) is 5.02 Å². The topological polar surface area (TPSA) is 55.1 Å². The second-order valence-corrected chi connectivity index (χ2v) is 6.71. The number of aryl methyl sites for hydroxylation is 1. The zero-order chi connectivity index (χ0) is 16.7. The Labute approximate surface area is 144 Å². The van der Waals surface area contributed by atoms with Crippen molar-refractivity contribution in [2.24, 2.45) is 5.92 Å². The van der Waals surface area contributed by atoms with Crippen LogP contribution in [0.15, 0.2) is 40.8 Å². The molecule has 1 aromatic heterocycles. The van der Waals surface area contributed by atoms with Gasteiger partial charge in [-0.05, 0) is 55.7 Å². The smallest absolute Gasteiger partial charge is 0.228 e. The van der Waals surface area contributed by atoms with Crippen LogP contribution in [0.25, 0.3) is 22.6 Å². The van der Waals surface area contributed by atoms with E-state index in [0.29, 0.717) is 22.2 Å². The van der Waals surface area contributed by atoms with E-state index in [1.54, 1.807) is 12.1 Å². The van der Waals surface area contributed by atoms with E-state index in [0.717, 1.165) is 35.9 Å². The molecule has 24 heavy (non-hydrogen) atoms. The number of aromatic nitrogens is 1. The number of oxazole rings is 1. The average molecular weight is 341 g/mol. The number of nitrogens with one attached hydrogen (secondary N) is 1. The Hall–Kier alpha value is -2.33. The number of anilines is 1. The largest absolute Gasteiger partial charge is 0.436 e. The highest BCUT2D eigenvalue weighted by Crippen LogP contribution is 2.33. The van der Waals surface area contributed by atoms with Gasteiger partial charge in [0.05, 0.1) is 10.6 Å². The van der Waals surface area contributed by atoms with Gasteiger partial charge in [0, 0.05) is 11.6 Å². The lowest BCUT2D eigenvalue weighted by molar-refractivity contribution is -0.122. The van der Waals surface area contributed by atoms with Crippen LogP contribution in [0, 0.1) is 12.8 Å². The lowest BCUT2D eigenvalue weighted by Crippen LogP contribution is -2.28. The van der Waals surface area contributed by atoms with Crippen LogP contribution in [0.1, 0.15) is 24.8 Å². The van der Waals surface area contributed by atoms with Crippen molar-refractivity contribution >= 4 is 34.3 Å². The SMILES string of the molecule is Cc1ccc2nc(-c3cc(NC(=O)C4CCC4)ccc3Cl)oc2c1. The summed E-state index contributed by atoms with van der Waals surface area (Å²) in [7, 11) is 0. The summed E-state index contributed by atoms with van der Waals surface area (Å²) >= 11 is 6.31. The first-order valence-electron chi connectivity index (χ1n) is 8.08. The van der Waals surface area contributed by atoms with E-state index in [1.807, 2.05) is 31.2 Å². The molecule has 1 saturated carbocycles. The standard InChI is InChI=1S/C19H17ClN2O2/c1-11-5-8-16-17(9-11)24-19(22-16)14-10-13(6-7-15(14)20)21-18(23)12-3-2-4-12/h5-10,12H,2-4H2,1H3,(H,21,23). The molecule has 1 heterocycles. The Bertz CT molecular complexity index is 928. The highest BCUT2D eigenvalue weighted by Gasteiger charge is 2.25. The number of carbonyl (C=O) groups excluding carboxylic acids is 1. The molecule has 1 amide bonds. The van der Waals surface area contributed by atoms with Gasteiger partial charge in [0.1, 0.15) is 5.52 Å². The molecule has 0 saturated heterocycles. The van der Waals surface area contributed by atoms with Crippen LogP contribution in [0.5, 0.6) is 0 Å². The first-order chi connectivity index (χ1) is 11.6. The van der Waals surface area contributed by atoms with E-state index in [9.17, 15) is 4.79 Å². The van der Waals surface area contributed by atoms with Gasteiger partial charge in [0.25, 0.3) is 0 Å². The summed E-state index contributed by atoms with van der Waals surface area (Å²) in [6.45, 7) is 2.01. The third kappa shape index (κ3) is 2.78. The van der Waals surface area contributed by atoms with E-state index < -0.39 is 0 Å². The maximum absolute atomic E-state index is 12.1. The normalized spacial score (nSPS) is 14.6. The summed E-state index contributed by atoms with van der Waals surface area (Å²) in [6, 6.07) is 11.2. The molecule has 0 aliphatic heterocycles. The van der Waals surface area contributed by atoms with Crippen molar-refractivity contribution in [2.45, 2.75) is 26.2 Å². The van der Waals surface area contributed by atoms with Gasteiger partial charge < -0.3 is 9.73 Å². The average Bonchev–Trinajstić information content (AvgIpc) is 2.90. The third-order valence-corrected chi connectivity index (χ3v) is 4.81. The minimum absolute atomic E-state index is 0.0720. The van der Waals surface area contributed by atoms with Gasteiger partial charge >= 0.3 is 0 Å². The van der Waals surface area contributed by atoms with E-state index >= 15 is 0 Å². The number of hydrogen-bond donors (Lipinski definition) is 1. The zero-order valence-electron chi connectivity index (χ0n) is 13.3. The number of fused-ring (bicyclic) bond motifs is 1. The quantitative estimate of drug-likeness (QED) is 0.713. The molecule has 122 valence electrons. The van der Waals surface area contributed by atoms with Crippen molar-refractivity contribution < 1.29 is 9.21 Å². The molecule has 1 N–H and O–H groups in total. The second-order valence-electron chi connectivity index (χ2n) is 6.30. The zero-order valence-corrected chi connectivity index (χ0v) is 14.1. The fourth-order valence-corrected chi connectivity index (χ4v) is 3.03. The van der Waals surface area contributed by atoms with Crippen LogP contribution >= 0.6 is 11.6 Å². The van der Waals surface area contributed by atoms with Crippen molar-refractivity contribution in [3.05, 3.63) is 47.0 Å². The van der Waals surface area contributed by atoms with Crippen molar-refractivity contribution in [1.82, 2.24) is 4.98 Å². The Morgan fingerprint density at radius 1 is 1.25 bits per heavy atom. The Morgan fingerprint density at radius 2 is 2.08 bits per heavy atom. The van der Waals surface area contributed by atoms with Crippen molar-refractivity contribution in [2.75, 3.05) is 5.32 Å². The Balaban J connectivity index is 1.67. The predicted octanol–water partition coefficient (Wildman–Crippen LogP) is 5.20. The van der Waals surface area contributed by atoms with Crippen molar-refractivity contribution in [3.8, 4) is 11.5 Å². The predicted molar refractivity (Wildman–Crippen MR) is 95.2 cm³/mol. The maximum Gasteiger partial charge on any atom is 0.228 e. The molecule has 5 heteroatoms. The Kier molecular flexibility index (Phi) is 3.77. The molecule has 0 spiro atoms. The van der Waals surface area contributed by atoms with Crippen molar-refractivity contribution in [3.63, 3.8) is 0 Å². The van der Waals surface area contributed by atoms with Crippen molar-refractivity contribution in [1.29, 1.82) is 0 Å². The highest BCUT2D eigenvalue weighted by atomic mass is 35.5. The van der Waals surface area contributed by atoms with Gasteiger partial charge in [-0.3, -0.25) is 4.79 Å².